The van der Waals surface area contributed by atoms with Gasteiger partial charge < -0.3 is 20.9 Å². The SMILES string of the molecule is CC(C)(C)C(CC(=O)O)NC(=O)C1COCC1N. The summed E-state index contributed by atoms with van der Waals surface area (Å²) >= 11 is 0. The lowest BCUT2D eigenvalue weighted by Gasteiger charge is -2.31. The predicted molar refractivity (Wildman–Crippen MR) is 65.9 cm³/mol. The zero-order valence-corrected chi connectivity index (χ0v) is 11.1. The van der Waals surface area contributed by atoms with E-state index < -0.39 is 12.0 Å². The minimum Gasteiger partial charge on any atom is -0.481 e. The van der Waals surface area contributed by atoms with Gasteiger partial charge in [-0.15, -0.1) is 0 Å². The number of hydrogen-bond donors (Lipinski definition) is 3. The Balaban J connectivity index is 2.65. The van der Waals surface area contributed by atoms with E-state index in [2.05, 4.69) is 5.32 Å². The maximum absolute atomic E-state index is 12.0. The molecule has 1 saturated heterocycles. The Labute approximate surface area is 107 Å². The fourth-order valence-electron chi connectivity index (χ4n) is 1.87. The molecule has 0 saturated carbocycles. The van der Waals surface area contributed by atoms with Gasteiger partial charge in [0.25, 0.3) is 0 Å². The Morgan fingerprint density at radius 1 is 1.44 bits per heavy atom. The Morgan fingerprint density at radius 2 is 2.06 bits per heavy atom. The molecule has 0 aliphatic carbocycles. The third kappa shape index (κ3) is 3.96. The van der Waals surface area contributed by atoms with Gasteiger partial charge in [-0.1, -0.05) is 20.8 Å². The molecule has 1 aliphatic rings. The van der Waals surface area contributed by atoms with Gasteiger partial charge in [-0.25, -0.2) is 0 Å². The van der Waals surface area contributed by atoms with Crippen LogP contribution in [0.15, 0.2) is 0 Å². The standard InChI is InChI=1S/C12H22N2O4/c1-12(2,3)9(4-10(15)16)14-11(17)7-5-18-6-8(7)13/h7-9H,4-6,13H2,1-3H3,(H,14,17)(H,15,16). The molecule has 6 nitrogen and oxygen atoms in total. The maximum Gasteiger partial charge on any atom is 0.305 e. The number of amides is 1. The summed E-state index contributed by atoms with van der Waals surface area (Å²) in [6.07, 6.45) is -0.0992. The molecule has 3 atom stereocenters. The zero-order valence-electron chi connectivity index (χ0n) is 11.1. The second-order valence-electron chi connectivity index (χ2n) is 5.83. The maximum atomic E-state index is 12.0. The summed E-state index contributed by atoms with van der Waals surface area (Å²) in [7, 11) is 0. The van der Waals surface area contributed by atoms with Gasteiger partial charge in [0.1, 0.15) is 0 Å². The molecule has 1 heterocycles. The van der Waals surface area contributed by atoms with Crippen molar-refractivity contribution in [3.8, 4) is 0 Å². The molecule has 0 aromatic rings. The fraction of sp³-hybridized carbons (Fsp3) is 0.833. The first-order valence-corrected chi connectivity index (χ1v) is 6.07. The third-order valence-electron chi connectivity index (χ3n) is 3.20. The first kappa shape index (κ1) is 14.9. The molecule has 18 heavy (non-hydrogen) atoms. The normalized spacial score (nSPS) is 25.8. The van der Waals surface area contributed by atoms with Crippen molar-refractivity contribution in [1.29, 1.82) is 0 Å². The fourth-order valence-corrected chi connectivity index (χ4v) is 1.87. The summed E-state index contributed by atoms with van der Waals surface area (Å²) in [5.41, 5.74) is 5.44. The van der Waals surface area contributed by atoms with Crippen LogP contribution in [0.1, 0.15) is 27.2 Å². The number of hydrogen-bond acceptors (Lipinski definition) is 4. The number of ether oxygens (including phenoxy) is 1. The summed E-state index contributed by atoms with van der Waals surface area (Å²) in [6, 6.07) is -0.731. The van der Waals surface area contributed by atoms with E-state index in [0.29, 0.717) is 13.2 Å². The molecule has 0 spiro atoms. The van der Waals surface area contributed by atoms with E-state index in [0.717, 1.165) is 0 Å². The highest BCUT2D eigenvalue weighted by atomic mass is 16.5. The second-order valence-corrected chi connectivity index (χ2v) is 5.83. The molecule has 1 aliphatic heterocycles. The van der Waals surface area contributed by atoms with Gasteiger partial charge in [0.2, 0.25) is 5.91 Å². The number of rotatable bonds is 4. The van der Waals surface area contributed by atoms with Crippen LogP contribution >= 0.6 is 0 Å². The third-order valence-corrected chi connectivity index (χ3v) is 3.20. The molecule has 3 unspecified atom stereocenters. The van der Waals surface area contributed by atoms with Crippen LogP contribution < -0.4 is 11.1 Å². The van der Waals surface area contributed by atoms with Gasteiger partial charge in [-0.05, 0) is 5.41 Å². The molecule has 0 bridgehead atoms. The van der Waals surface area contributed by atoms with Crippen molar-refractivity contribution in [2.75, 3.05) is 13.2 Å². The van der Waals surface area contributed by atoms with Crippen molar-refractivity contribution < 1.29 is 19.4 Å². The lowest BCUT2D eigenvalue weighted by molar-refractivity contribution is -0.138. The summed E-state index contributed by atoms with van der Waals surface area (Å²) < 4.78 is 5.14. The smallest absolute Gasteiger partial charge is 0.305 e. The van der Waals surface area contributed by atoms with Crippen LogP contribution in [0.5, 0.6) is 0 Å². The van der Waals surface area contributed by atoms with E-state index in [1.54, 1.807) is 0 Å². The predicted octanol–water partition coefficient (Wildman–Crippen LogP) is -0.0343. The Bertz CT molecular complexity index is 325. The monoisotopic (exact) mass is 258 g/mol. The van der Waals surface area contributed by atoms with Gasteiger partial charge in [-0.3, -0.25) is 9.59 Å². The second kappa shape index (κ2) is 5.67. The van der Waals surface area contributed by atoms with Crippen LogP contribution in [0, 0.1) is 11.3 Å². The lowest BCUT2D eigenvalue weighted by atomic mass is 9.84. The highest BCUT2D eigenvalue weighted by Gasteiger charge is 2.35. The zero-order chi connectivity index (χ0) is 13.9. The van der Waals surface area contributed by atoms with Gasteiger partial charge in [-0.2, -0.15) is 0 Å². The average molecular weight is 258 g/mol. The molecule has 0 radical (unpaired) electrons. The van der Waals surface area contributed by atoms with Gasteiger partial charge >= 0.3 is 5.97 Å². The average Bonchev–Trinajstić information content (AvgIpc) is 2.61. The van der Waals surface area contributed by atoms with E-state index in [1.165, 1.54) is 0 Å². The number of nitrogens with two attached hydrogens (primary N) is 1. The van der Waals surface area contributed by atoms with E-state index in [1.807, 2.05) is 20.8 Å². The van der Waals surface area contributed by atoms with Crippen molar-refractivity contribution in [1.82, 2.24) is 5.32 Å². The molecular weight excluding hydrogens is 236 g/mol. The van der Waals surface area contributed by atoms with Crippen molar-refractivity contribution in [2.24, 2.45) is 17.1 Å². The number of carboxylic acids is 1. The molecule has 6 heteroatoms. The van der Waals surface area contributed by atoms with Crippen molar-refractivity contribution in [2.45, 2.75) is 39.3 Å². The Kier molecular flexibility index (Phi) is 4.70. The number of aliphatic carboxylic acids is 1. The van der Waals surface area contributed by atoms with E-state index >= 15 is 0 Å². The molecule has 104 valence electrons. The van der Waals surface area contributed by atoms with Crippen LogP contribution in [-0.4, -0.2) is 42.3 Å². The molecule has 1 rings (SSSR count). The Morgan fingerprint density at radius 3 is 2.44 bits per heavy atom. The number of carboxylic acid groups (broad SMARTS) is 1. The van der Waals surface area contributed by atoms with Crippen LogP contribution in [0.4, 0.5) is 0 Å². The molecule has 0 aromatic heterocycles. The first-order valence-electron chi connectivity index (χ1n) is 6.07. The van der Waals surface area contributed by atoms with Crippen LogP contribution in [0.2, 0.25) is 0 Å². The van der Waals surface area contributed by atoms with Gasteiger partial charge in [0.15, 0.2) is 0 Å². The topological polar surface area (TPSA) is 102 Å². The Hall–Kier alpha value is -1.14. The van der Waals surface area contributed by atoms with Crippen LogP contribution in [-0.2, 0) is 14.3 Å². The molecule has 1 amide bonds. The van der Waals surface area contributed by atoms with Crippen LogP contribution in [0.3, 0.4) is 0 Å². The van der Waals surface area contributed by atoms with Gasteiger partial charge in [0.05, 0.1) is 25.6 Å². The number of carbonyl (C=O) groups is 2. The lowest BCUT2D eigenvalue weighted by Crippen LogP contribution is -2.50. The minimum absolute atomic E-state index is 0.0992. The van der Waals surface area contributed by atoms with Crippen molar-refractivity contribution in [3.05, 3.63) is 0 Å². The summed E-state index contributed by atoms with van der Waals surface area (Å²) in [5, 5.41) is 11.7. The number of nitrogens with one attached hydrogen (secondary N) is 1. The highest BCUT2D eigenvalue weighted by Crippen LogP contribution is 2.23. The molecular formula is C12H22N2O4. The summed E-state index contributed by atoms with van der Waals surface area (Å²) in [4.78, 5) is 22.9. The van der Waals surface area contributed by atoms with Gasteiger partial charge in [0, 0.05) is 12.1 Å². The summed E-state index contributed by atoms with van der Waals surface area (Å²) in [5.74, 6) is -1.54. The highest BCUT2D eigenvalue weighted by molar-refractivity contribution is 5.81. The first-order chi connectivity index (χ1) is 8.21. The number of carbonyl (C=O) groups excluding carboxylic acids is 1. The quantitative estimate of drug-likeness (QED) is 0.657. The van der Waals surface area contributed by atoms with Crippen molar-refractivity contribution in [3.63, 3.8) is 0 Å². The molecule has 4 N–H and O–H groups in total. The van der Waals surface area contributed by atoms with E-state index in [4.69, 9.17) is 15.6 Å². The minimum atomic E-state index is -0.929. The molecule has 0 aromatic carbocycles. The van der Waals surface area contributed by atoms with Crippen molar-refractivity contribution >= 4 is 11.9 Å². The molecule has 1 fully saturated rings. The van der Waals surface area contributed by atoms with E-state index in [9.17, 15) is 9.59 Å². The summed E-state index contributed by atoms with van der Waals surface area (Å²) in [6.45, 7) is 6.36. The van der Waals surface area contributed by atoms with Crippen LogP contribution in [0.25, 0.3) is 0 Å². The van der Waals surface area contributed by atoms with E-state index in [-0.39, 0.29) is 29.7 Å². The largest absolute Gasteiger partial charge is 0.481 e.